The molecule has 0 radical (unpaired) electrons. The molecule has 1 aliphatic heterocycles. The number of piperazine rings is 1. The Morgan fingerprint density at radius 2 is 2.50 bits per heavy atom. The van der Waals surface area contributed by atoms with Crippen LogP contribution in [0.25, 0.3) is 0 Å². The molecule has 0 aliphatic carbocycles. The molecule has 2 rings (SSSR count). The van der Waals surface area contributed by atoms with Crippen LogP contribution in [0.4, 0.5) is 0 Å². The van der Waals surface area contributed by atoms with Crippen LogP contribution in [0.3, 0.4) is 0 Å². The van der Waals surface area contributed by atoms with Gasteiger partial charge in [-0.1, -0.05) is 0 Å². The van der Waals surface area contributed by atoms with Crippen LogP contribution in [-0.4, -0.2) is 40.8 Å². The average Bonchev–Trinajstić information content (AvgIpc) is 2.61. The van der Waals surface area contributed by atoms with Gasteiger partial charge >= 0.3 is 0 Å². The largest absolute Gasteiger partial charge is 0.314 e. The van der Waals surface area contributed by atoms with E-state index < -0.39 is 0 Å². The van der Waals surface area contributed by atoms with Gasteiger partial charge in [0.15, 0.2) is 0 Å². The molecule has 1 aromatic rings. The van der Waals surface area contributed by atoms with E-state index in [1.165, 1.54) is 5.69 Å². The van der Waals surface area contributed by atoms with Gasteiger partial charge in [-0.05, 0) is 13.0 Å². The Morgan fingerprint density at radius 1 is 1.64 bits per heavy atom. The monoisotopic (exact) mass is 216 g/mol. The summed E-state index contributed by atoms with van der Waals surface area (Å²) in [6.07, 6.45) is 1.81. The van der Waals surface area contributed by atoms with E-state index in [0.717, 1.165) is 26.2 Å². The van der Waals surface area contributed by atoms with Gasteiger partial charge in [-0.15, -0.1) is 12.4 Å². The molecule has 2 heterocycles. The van der Waals surface area contributed by atoms with Gasteiger partial charge in [0.25, 0.3) is 0 Å². The third kappa shape index (κ3) is 2.70. The minimum Gasteiger partial charge on any atom is -0.314 e. The van der Waals surface area contributed by atoms with Crippen molar-refractivity contribution in [1.82, 2.24) is 20.4 Å². The number of aromatic nitrogens is 2. The lowest BCUT2D eigenvalue weighted by atomic mass is 10.2. The van der Waals surface area contributed by atoms with Crippen molar-refractivity contribution in [2.75, 3.05) is 19.6 Å². The fourth-order valence-corrected chi connectivity index (χ4v) is 1.71. The third-order valence-electron chi connectivity index (χ3n) is 2.57. The van der Waals surface area contributed by atoms with Gasteiger partial charge in [0.05, 0.1) is 0 Å². The highest BCUT2D eigenvalue weighted by Gasteiger charge is 2.17. The van der Waals surface area contributed by atoms with Crippen LogP contribution in [0.5, 0.6) is 0 Å². The molecule has 1 unspecified atom stereocenters. The second-order valence-corrected chi connectivity index (χ2v) is 3.61. The van der Waals surface area contributed by atoms with Gasteiger partial charge < -0.3 is 5.32 Å². The molecule has 0 saturated carbocycles. The number of hydrogen-bond donors (Lipinski definition) is 2. The summed E-state index contributed by atoms with van der Waals surface area (Å²) in [6.45, 7) is 6.55. The van der Waals surface area contributed by atoms with Crippen molar-refractivity contribution < 1.29 is 0 Å². The minimum atomic E-state index is 0. The Labute approximate surface area is 90.5 Å². The molecule has 80 valence electrons. The summed E-state index contributed by atoms with van der Waals surface area (Å²) in [7, 11) is 0. The Balaban J connectivity index is 0.000000980. The van der Waals surface area contributed by atoms with E-state index in [0.29, 0.717) is 6.04 Å². The molecule has 1 saturated heterocycles. The third-order valence-corrected chi connectivity index (χ3v) is 2.57. The smallest absolute Gasteiger partial charge is 0.0492 e. The van der Waals surface area contributed by atoms with E-state index in [-0.39, 0.29) is 12.4 Å². The number of H-pyrrole nitrogens is 1. The SMILES string of the molecule is CC1CNCCN1Cc1ccn[nH]1.Cl. The van der Waals surface area contributed by atoms with E-state index in [4.69, 9.17) is 0 Å². The second-order valence-electron chi connectivity index (χ2n) is 3.61. The summed E-state index contributed by atoms with van der Waals surface area (Å²) in [5, 5.41) is 10.3. The highest BCUT2D eigenvalue weighted by molar-refractivity contribution is 5.85. The number of nitrogens with zero attached hydrogens (tertiary/aromatic N) is 2. The van der Waals surface area contributed by atoms with Crippen LogP contribution in [-0.2, 0) is 6.54 Å². The first-order valence-electron chi connectivity index (χ1n) is 4.79. The summed E-state index contributed by atoms with van der Waals surface area (Å²) >= 11 is 0. The standard InChI is InChI=1S/C9H16N4.ClH/c1-8-6-10-4-5-13(8)7-9-2-3-11-12-9;/h2-3,8,10H,4-7H2,1H3,(H,11,12);1H. The molecule has 1 fully saturated rings. The molecule has 2 N–H and O–H groups in total. The topological polar surface area (TPSA) is 44.0 Å². The second kappa shape index (κ2) is 5.34. The summed E-state index contributed by atoms with van der Waals surface area (Å²) in [4.78, 5) is 2.46. The number of rotatable bonds is 2. The predicted molar refractivity (Wildman–Crippen MR) is 58.6 cm³/mol. The van der Waals surface area contributed by atoms with Crippen molar-refractivity contribution >= 4 is 12.4 Å². The summed E-state index contributed by atoms with van der Waals surface area (Å²) < 4.78 is 0. The number of halogens is 1. The van der Waals surface area contributed by atoms with E-state index in [9.17, 15) is 0 Å². The molecule has 1 atom stereocenters. The molecule has 4 nitrogen and oxygen atoms in total. The fraction of sp³-hybridized carbons (Fsp3) is 0.667. The Morgan fingerprint density at radius 3 is 3.14 bits per heavy atom. The molecule has 0 bridgehead atoms. The normalized spacial score (nSPS) is 23.1. The Bertz CT molecular complexity index is 249. The van der Waals surface area contributed by atoms with Crippen molar-refractivity contribution in [2.24, 2.45) is 0 Å². The molecule has 0 amide bonds. The minimum absolute atomic E-state index is 0. The van der Waals surface area contributed by atoms with Gasteiger partial charge in [-0.25, -0.2) is 0 Å². The molecule has 14 heavy (non-hydrogen) atoms. The Kier molecular flexibility index (Phi) is 4.38. The maximum absolute atomic E-state index is 3.95. The van der Waals surface area contributed by atoms with Crippen molar-refractivity contribution in [1.29, 1.82) is 0 Å². The van der Waals surface area contributed by atoms with Crippen LogP contribution in [0.15, 0.2) is 12.3 Å². The highest BCUT2D eigenvalue weighted by atomic mass is 35.5. The maximum atomic E-state index is 3.95. The van der Waals surface area contributed by atoms with Crippen LogP contribution in [0, 0.1) is 0 Å². The van der Waals surface area contributed by atoms with Gasteiger partial charge in [0, 0.05) is 44.1 Å². The predicted octanol–water partition coefficient (Wildman–Crippen LogP) is 0.625. The summed E-state index contributed by atoms with van der Waals surface area (Å²) in [5.74, 6) is 0. The van der Waals surface area contributed by atoms with Gasteiger partial charge in [0.1, 0.15) is 0 Å². The van der Waals surface area contributed by atoms with Gasteiger partial charge in [0.2, 0.25) is 0 Å². The number of nitrogens with one attached hydrogen (secondary N) is 2. The Hall–Kier alpha value is -0.580. The molecule has 0 aromatic carbocycles. The molecular formula is C9H17ClN4. The first-order valence-corrected chi connectivity index (χ1v) is 4.79. The lowest BCUT2D eigenvalue weighted by molar-refractivity contribution is 0.164. The summed E-state index contributed by atoms with van der Waals surface area (Å²) in [6, 6.07) is 2.66. The van der Waals surface area contributed by atoms with Gasteiger partial charge in [-0.2, -0.15) is 5.10 Å². The number of aromatic amines is 1. The summed E-state index contributed by atoms with van der Waals surface area (Å²) in [5.41, 5.74) is 1.20. The quantitative estimate of drug-likeness (QED) is 0.762. The van der Waals surface area contributed by atoms with Crippen molar-refractivity contribution in [3.05, 3.63) is 18.0 Å². The van der Waals surface area contributed by atoms with Gasteiger partial charge in [-0.3, -0.25) is 10.00 Å². The zero-order chi connectivity index (χ0) is 9.10. The van der Waals surface area contributed by atoms with Crippen molar-refractivity contribution in [2.45, 2.75) is 19.5 Å². The van der Waals surface area contributed by atoms with E-state index in [2.05, 4.69) is 27.3 Å². The lowest BCUT2D eigenvalue weighted by Crippen LogP contribution is -2.49. The number of hydrogen-bond acceptors (Lipinski definition) is 3. The van der Waals surface area contributed by atoms with E-state index in [1.54, 1.807) is 0 Å². The average molecular weight is 217 g/mol. The first-order chi connectivity index (χ1) is 6.36. The zero-order valence-corrected chi connectivity index (χ0v) is 9.18. The highest BCUT2D eigenvalue weighted by Crippen LogP contribution is 2.06. The van der Waals surface area contributed by atoms with Crippen LogP contribution >= 0.6 is 12.4 Å². The van der Waals surface area contributed by atoms with Crippen LogP contribution in [0.2, 0.25) is 0 Å². The molecule has 5 heteroatoms. The maximum Gasteiger partial charge on any atom is 0.0492 e. The van der Waals surface area contributed by atoms with Crippen LogP contribution in [0.1, 0.15) is 12.6 Å². The van der Waals surface area contributed by atoms with Crippen molar-refractivity contribution in [3.63, 3.8) is 0 Å². The van der Waals surface area contributed by atoms with Crippen LogP contribution < -0.4 is 5.32 Å². The zero-order valence-electron chi connectivity index (χ0n) is 8.36. The molecule has 1 aromatic heterocycles. The first kappa shape index (κ1) is 11.5. The fourth-order valence-electron chi connectivity index (χ4n) is 1.71. The molecular weight excluding hydrogens is 200 g/mol. The molecule has 0 spiro atoms. The molecule has 1 aliphatic rings. The van der Waals surface area contributed by atoms with Crippen molar-refractivity contribution in [3.8, 4) is 0 Å². The van der Waals surface area contributed by atoms with E-state index >= 15 is 0 Å². The van der Waals surface area contributed by atoms with E-state index in [1.807, 2.05) is 12.3 Å². The lowest BCUT2D eigenvalue weighted by Gasteiger charge is -2.33.